The number of aryl methyl sites for hydroxylation is 1. The third-order valence-corrected chi connectivity index (χ3v) is 3.37. The SMILES string of the molecule is COc1ccc2c(c1)C(NCCCF)CCC2. The lowest BCUT2D eigenvalue weighted by atomic mass is 9.87. The van der Waals surface area contributed by atoms with E-state index in [0.717, 1.165) is 25.1 Å². The van der Waals surface area contributed by atoms with Crippen molar-refractivity contribution in [3.8, 4) is 5.75 Å². The van der Waals surface area contributed by atoms with Crippen molar-refractivity contribution in [1.82, 2.24) is 5.32 Å². The second-order valence-electron chi connectivity index (χ2n) is 4.51. The molecule has 0 saturated heterocycles. The van der Waals surface area contributed by atoms with Crippen LogP contribution in [0.2, 0.25) is 0 Å². The van der Waals surface area contributed by atoms with Crippen molar-refractivity contribution >= 4 is 0 Å². The monoisotopic (exact) mass is 237 g/mol. The van der Waals surface area contributed by atoms with E-state index in [1.807, 2.05) is 6.07 Å². The first-order chi connectivity index (χ1) is 8.35. The van der Waals surface area contributed by atoms with E-state index in [2.05, 4.69) is 17.4 Å². The Morgan fingerprint density at radius 3 is 3.12 bits per heavy atom. The molecule has 0 radical (unpaired) electrons. The van der Waals surface area contributed by atoms with Gasteiger partial charge in [-0.2, -0.15) is 0 Å². The molecular formula is C14H20FNO. The summed E-state index contributed by atoms with van der Waals surface area (Å²) >= 11 is 0. The van der Waals surface area contributed by atoms with E-state index in [4.69, 9.17) is 4.74 Å². The molecule has 0 aliphatic heterocycles. The van der Waals surface area contributed by atoms with Crippen LogP contribution in [0.4, 0.5) is 4.39 Å². The Kier molecular flexibility index (Phi) is 4.37. The van der Waals surface area contributed by atoms with Crippen LogP contribution in [0.15, 0.2) is 18.2 Å². The molecule has 1 N–H and O–H groups in total. The lowest BCUT2D eigenvalue weighted by Gasteiger charge is -2.27. The van der Waals surface area contributed by atoms with Gasteiger partial charge in [0.05, 0.1) is 13.8 Å². The molecule has 1 aromatic rings. The standard InChI is InChI=1S/C14H20FNO/c1-17-12-7-6-11-4-2-5-14(13(11)10-12)16-9-3-8-15/h6-7,10,14,16H,2-5,8-9H2,1H3. The number of benzene rings is 1. The summed E-state index contributed by atoms with van der Waals surface area (Å²) in [5, 5.41) is 3.43. The molecule has 0 fully saturated rings. The molecular weight excluding hydrogens is 217 g/mol. The molecule has 1 unspecified atom stereocenters. The number of nitrogens with one attached hydrogen (secondary N) is 1. The maximum atomic E-state index is 12.1. The van der Waals surface area contributed by atoms with Gasteiger partial charge in [-0.25, -0.2) is 0 Å². The maximum absolute atomic E-state index is 12.1. The van der Waals surface area contributed by atoms with Crippen molar-refractivity contribution in [3.05, 3.63) is 29.3 Å². The molecule has 0 aromatic heterocycles. The van der Waals surface area contributed by atoms with Crippen LogP contribution in [0, 0.1) is 0 Å². The minimum Gasteiger partial charge on any atom is -0.497 e. The first kappa shape index (κ1) is 12.4. The molecule has 1 aliphatic carbocycles. The predicted molar refractivity (Wildman–Crippen MR) is 67.3 cm³/mol. The zero-order chi connectivity index (χ0) is 12.1. The first-order valence-corrected chi connectivity index (χ1v) is 6.31. The number of fused-ring (bicyclic) bond motifs is 1. The van der Waals surface area contributed by atoms with Crippen LogP contribution < -0.4 is 10.1 Å². The average Bonchev–Trinajstić information content (AvgIpc) is 2.39. The Morgan fingerprint density at radius 2 is 2.35 bits per heavy atom. The van der Waals surface area contributed by atoms with E-state index in [1.165, 1.54) is 17.5 Å². The van der Waals surface area contributed by atoms with Gasteiger partial charge in [0, 0.05) is 6.04 Å². The molecule has 0 heterocycles. The van der Waals surface area contributed by atoms with Crippen LogP contribution in [0.5, 0.6) is 5.75 Å². The predicted octanol–water partition coefficient (Wildman–Crippen LogP) is 3.02. The zero-order valence-electron chi connectivity index (χ0n) is 10.3. The zero-order valence-corrected chi connectivity index (χ0v) is 10.3. The average molecular weight is 237 g/mol. The quantitative estimate of drug-likeness (QED) is 0.795. The lowest BCUT2D eigenvalue weighted by Crippen LogP contribution is -2.26. The molecule has 0 amide bonds. The van der Waals surface area contributed by atoms with Crippen molar-refractivity contribution in [1.29, 1.82) is 0 Å². The van der Waals surface area contributed by atoms with Crippen molar-refractivity contribution in [3.63, 3.8) is 0 Å². The largest absolute Gasteiger partial charge is 0.497 e. The molecule has 1 aromatic carbocycles. The van der Waals surface area contributed by atoms with Crippen molar-refractivity contribution in [2.24, 2.45) is 0 Å². The second-order valence-corrected chi connectivity index (χ2v) is 4.51. The number of halogens is 1. The van der Waals surface area contributed by atoms with Crippen LogP contribution in [0.1, 0.15) is 36.4 Å². The Labute approximate surface area is 102 Å². The molecule has 2 nitrogen and oxygen atoms in total. The number of alkyl halides is 1. The minimum absolute atomic E-state index is 0.245. The van der Waals surface area contributed by atoms with Gasteiger partial charge in [-0.05, 0) is 55.5 Å². The number of hydrogen-bond donors (Lipinski definition) is 1. The number of hydrogen-bond acceptors (Lipinski definition) is 2. The van der Waals surface area contributed by atoms with Gasteiger partial charge < -0.3 is 10.1 Å². The third-order valence-electron chi connectivity index (χ3n) is 3.37. The summed E-state index contributed by atoms with van der Waals surface area (Å²) in [4.78, 5) is 0. The highest BCUT2D eigenvalue weighted by Gasteiger charge is 2.19. The summed E-state index contributed by atoms with van der Waals surface area (Å²) in [5.74, 6) is 0.906. The molecule has 0 saturated carbocycles. The fourth-order valence-electron chi connectivity index (χ4n) is 2.46. The fraction of sp³-hybridized carbons (Fsp3) is 0.571. The van der Waals surface area contributed by atoms with E-state index in [-0.39, 0.29) is 6.67 Å². The molecule has 0 spiro atoms. The topological polar surface area (TPSA) is 21.3 Å². The normalized spacial score (nSPS) is 18.8. The Hall–Kier alpha value is -1.09. The van der Waals surface area contributed by atoms with E-state index in [1.54, 1.807) is 7.11 Å². The lowest BCUT2D eigenvalue weighted by molar-refractivity contribution is 0.402. The summed E-state index contributed by atoms with van der Waals surface area (Å²) in [5.41, 5.74) is 2.73. The summed E-state index contributed by atoms with van der Waals surface area (Å²) < 4.78 is 17.4. The smallest absolute Gasteiger partial charge is 0.119 e. The third kappa shape index (κ3) is 2.97. The van der Waals surface area contributed by atoms with Crippen molar-refractivity contribution < 1.29 is 9.13 Å². The van der Waals surface area contributed by atoms with Crippen LogP contribution >= 0.6 is 0 Å². The van der Waals surface area contributed by atoms with Crippen LogP contribution in [-0.4, -0.2) is 20.3 Å². The van der Waals surface area contributed by atoms with Gasteiger partial charge in [0.15, 0.2) is 0 Å². The highest BCUT2D eigenvalue weighted by molar-refractivity contribution is 5.39. The summed E-state index contributed by atoms with van der Waals surface area (Å²) in [6.07, 6.45) is 4.06. The number of ether oxygens (including phenoxy) is 1. The van der Waals surface area contributed by atoms with Crippen LogP contribution in [-0.2, 0) is 6.42 Å². The molecule has 2 rings (SSSR count). The highest BCUT2D eigenvalue weighted by atomic mass is 19.1. The van der Waals surface area contributed by atoms with E-state index < -0.39 is 0 Å². The van der Waals surface area contributed by atoms with Gasteiger partial charge in [-0.3, -0.25) is 4.39 Å². The molecule has 17 heavy (non-hydrogen) atoms. The minimum atomic E-state index is -0.245. The van der Waals surface area contributed by atoms with E-state index in [0.29, 0.717) is 12.5 Å². The Balaban J connectivity index is 2.11. The first-order valence-electron chi connectivity index (χ1n) is 6.31. The van der Waals surface area contributed by atoms with E-state index >= 15 is 0 Å². The van der Waals surface area contributed by atoms with Gasteiger partial charge in [-0.1, -0.05) is 6.07 Å². The summed E-state index contributed by atoms with van der Waals surface area (Å²) in [6.45, 7) is 0.502. The van der Waals surface area contributed by atoms with Gasteiger partial charge in [0.25, 0.3) is 0 Å². The van der Waals surface area contributed by atoms with Gasteiger partial charge in [0.1, 0.15) is 5.75 Å². The fourth-order valence-corrected chi connectivity index (χ4v) is 2.46. The number of methoxy groups -OCH3 is 1. The molecule has 1 atom stereocenters. The Bertz CT molecular complexity index is 367. The summed E-state index contributed by atoms with van der Waals surface area (Å²) in [6, 6.07) is 6.64. The molecule has 0 bridgehead atoms. The molecule has 94 valence electrons. The highest BCUT2D eigenvalue weighted by Crippen LogP contribution is 2.32. The van der Waals surface area contributed by atoms with Gasteiger partial charge in [0.2, 0.25) is 0 Å². The van der Waals surface area contributed by atoms with Crippen LogP contribution in [0.3, 0.4) is 0 Å². The maximum Gasteiger partial charge on any atom is 0.119 e. The molecule has 3 heteroatoms. The van der Waals surface area contributed by atoms with Crippen molar-refractivity contribution in [2.75, 3.05) is 20.3 Å². The van der Waals surface area contributed by atoms with E-state index in [9.17, 15) is 4.39 Å². The van der Waals surface area contributed by atoms with Gasteiger partial charge in [-0.15, -0.1) is 0 Å². The Morgan fingerprint density at radius 1 is 1.47 bits per heavy atom. The number of rotatable bonds is 5. The van der Waals surface area contributed by atoms with Gasteiger partial charge >= 0.3 is 0 Å². The summed E-state index contributed by atoms with van der Waals surface area (Å²) in [7, 11) is 1.69. The van der Waals surface area contributed by atoms with Crippen LogP contribution in [0.25, 0.3) is 0 Å². The van der Waals surface area contributed by atoms with Crippen molar-refractivity contribution in [2.45, 2.75) is 31.7 Å². The molecule has 1 aliphatic rings. The second kappa shape index (κ2) is 6.01.